The Hall–Kier alpha value is -3.16. The summed E-state index contributed by atoms with van der Waals surface area (Å²) in [6, 6.07) is 11.7. The molecule has 1 atom stereocenters. The van der Waals surface area contributed by atoms with Gasteiger partial charge in [-0.2, -0.15) is 0 Å². The molecule has 0 N–H and O–H groups in total. The molecule has 3 heterocycles. The van der Waals surface area contributed by atoms with E-state index in [1.807, 2.05) is 65.2 Å². The number of anilines is 2. The molecule has 8 heteroatoms. The first kappa shape index (κ1) is 19.2. The summed E-state index contributed by atoms with van der Waals surface area (Å²) in [5, 5.41) is 0. The van der Waals surface area contributed by atoms with Crippen molar-refractivity contribution in [2.24, 2.45) is 0 Å². The Morgan fingerprint density at radius 3 is 2.66 bits per heavy atom. The molecule has 0 spiro atoms. The van der Waals surface area contributed by atoms with Gasteiger partial charge >= 0.3 is 0 Å². The average molecular weight is 394 g/mol. The Balaban J connectivity index is 1.45. The molecular weight excluding hydrogens is 368 g/mol. The van der Waals surface area contributed by atoms with Crippen LogP contribution in [0.25, 0.3) is 0 Å². The van der Waals surface area contributed by atoms with Crippen LogP contribution >= 0.6 is 0 Å². The number of rotatable bonds is 5. The van der Waals surface area contributed by atoms with E-state index in [4.69, 9.17) is 0 Å². The summed E-state index contributed by atoms with van der Waals surface area (Å²) in [5.74, 6) is 1.61. The van der Waals surface area contributed by atoms with Crippen molar-refractivity contribution >= 4 is 23.5 Å². The van der Waals surface area contributed by atoms with Gasteiger partial charge in [0.15, 0.2) is 0 Å². The first-order chi connectivity index (χ1) is 14.0. The van der Waals surface area contributed by atoms with Crippen LogP contribution in [0.2, 0.25) is 0 Å². The van der Waals surface area contributed by atoms with E-state index in [1.165, 1.54) is 6.33 Å². The normalized spacial score (nSPS) is 19.8. The van der Waals surface area contributed by atoms with Gasteiger partial charge in [-0.3, -0.25) is 9.59 Å². The molecule has 4 rings (SSSR count). The molecule has 0 aliphatic carbocycles. The second-order valence-corrected chi connectivity index (χ2v) is 7.63. The molecule has 1 unspecified atom stereocenters. The summed E-state index contributed by atoms with van der Waals surface area (Å²) in [7, 11) is 3.71. The van der Waals surface area contributed by atoms with E-state index in [9.17, 15) is 9.59 Å². The predicted octanol–water partition coefficient (Wildman–Crippen LogP) is 0.992. The highest BCUT2D eigenvalue weighted by Gasteiger charge is 2.35. The smallest absolute Gasteiger partial charge is 0.245 e. The third kappa shape index (κ3) is 4.01. The van der Waals surface area contributed by atoms with E-state index >= 15 is 0 Å². The standard InChI is InChI=1S/C21H26N6O2/c1-24-10-11-26(14-20(24)28)19-12-18(22-15-23-19)25(2)17-8-9-27(21(17)29)13-16-6-4-3-5-7-16/h3-7,12,15,17H,8-11,13-14H2,1-2H3. The van der Waals surface area contributed by atoms with Gasteiger partial charge in [0, 0.05) is 46.3 Å². The van der Waals surface area contributed by atoms with Crippen LogP contribution in [-0.2, 0) is 16.1 Å². The molecule has 1 aromatic heterocycles. The van der Waals surface area contributed by atoms with Crippen molar-refractivity contribution in [3.05, 3.63) is 48.3 Å². The van der Waals surface area contributed by atoms with E-state index in [0.29, 0.717) is 25.5 Å². The van der Waals surface area contributed by atoms with E-state index in [2.05, 4.69) is 9.97 Å². The van der Waals surface area contributed by atoms with Crippen LogP contribution in [0.3, 0.4) is 0 Å². The Labute approximate surface area is 170 Å². The Kier molecular flexibility index (Phi) is 5.33. The average Bonchev–Trinajstić information content (AvgIpc) is 3.10. The van der Waals surface area contributed by atoms with Crippen molar-refractivity contribution in [3.8, 4) is 0 Å². The first-order valence-corrected chi connectivity index (χ1v) is 9.89. The van der Waals surface area contributed by atoms with E-state index in [1.54, 1.807) is 4.90 Å². The molecule has 2 aromatic rings. The molecule has 2 saturated heterocycles. The largest absolute Gasteiger partial charge is 0.347 e. The molecule has 8 nitrogen and oxygen atoms in total. The highest BCUT2D eigenvalue weighted by molar-refractivity contribution is 5.87. The zero-order valence-corrected chi connectivity index (χ0v) is 16.9. The van der Waals surface area contributed by atoms with Gasteiger partial charge in [0.2, 0.25) is 11.8 Å². The highest BCUT2D eigenvalue weighted by Crippen LogP contribution is 2.25. The lowest BCUT2D eigenvalue weighted by atomic mass is 10.2. The van der Waals surface area contributed by atoms with E-state index in [0.717, 1.165) is 30.9 Å². The van der Waals surface area contributed by atoms with Gasteiger partial charge in [0.05, 0.1) is 6.54 Å². The minimum Gasteiger partial charge on any atom is -0.347 e. The van der Waals surface area contributed by atoms with Crippen LogP contribution in [0, 0.1) is 0 Å². The Morgan fingerprint density at radius 1 is 1.10 bits per heavy atom. The van der Waals surface area contributed by atoms with Crippen molar-refractivity contribution in [2.45, 2.75) is 19.0 Å². The van der Waals surface area contributed by atoms with Crippen molar-refractivity contribution in [1.29, 1.82) is 0 Å². The summed E-state index contributed by atoms with van der Waals surface area (Å²) in [4.78, 5) is 41.2. The fourth-order valence-electron chi connectivity index (χ4n) is 3.86. The Bertz CT molecular complexity index is 890. The van der Waals surface area contributed by atoms with Crippen molar-refractivity contribution < 1.29 is 9.59 Å². The molecule has 2 amide bonds. The van der Waals surface area contributed by atoms with Crippen molar-refractivity contribution in [1.82, 2.24) is 19.8 Å². The maximum absolute atomic E-state index is 13.0. The molecule has 0 bridgehead atoms. The lowest BCUT2D eigenvalue weighted by Crippen LogP contribution is -2.49. The van der Waals surface area contributed by atoms with Gasteiger partial charge in [-0.05, 0) is 12.0 Å². The van der Waals surface area contributed by atoms with E-state index in [-0.39, 0.29) is 17.9 Å². The summed E-state index contributed by atoms with van der Waals surface area (Å²) in [5.41, 5.74) is 1.13. The molecule has 2 aliphatic heterocycles. The van der Waals surface area contributed by atoms with Crippen LogP contribution in [-0.4, -0.2) is 77.9 Å². The quantitative estimate of drug-likeness (QED) is 0.753. The lowest BCUT2D eigenvalue weighted by Gasteiger charge is -2.33. The third-order valence-electron chi connectivity index (χ3n) is 5.73. The minimum atomic E-state index is -0.240. The Morgan fingerprint density at radius 2 is 1.90 bits per heavy atom. The SMILES string of the molecule is CN1CCN(c2cc(N(C)C3CCN(Cc4ccccc4)C3=O)ncn2)CC1=O. The van der Waals surface area contributed by atoms with Crippen LogP contribution in [0.5, 0.6) is 0 Å². The molecule has 2 fully saturated rings. The van der Waals surface area contributed by atoms with Gasteiger partial charge in [-0.25, -0.2) is 9.97 Å². The molecule has 0 saturated carbocycles. The zero-order valence-electron chi connectivity index (χ0n) is 16.9. The van der Waals surface area contributed by atoms with Crippen LogP contribution < -0.4 is 9.80 Å². The fraction of sp³-hybridized carbons (Fsp3) is 0.429. The molecule has 2 aliphatic rings. The molecule has 152 valence electrons. The number of amides is 2. The van der Waals surface area contributed by atoms with Crippen LogP contribution in [0.4, 0.5) is 11.6 Å². The number of nitrogens with zero attached hydrogens (tertiary/aromatic N) is 6. The summed E-state index contributed by atoms with van der Waals surface area (Å²) >= 11 is 0. The highest BCUT2D eigenvalue weighted by atomic mass is 16.2. The molecular formula is C21H26N6O2. The minimum absolute atomic E-state index is 0.0762. The van der Waals surface area contributed by atoms with Crippen molar-refractivity contribution in [2.75, 3.05) is 50.1 Å². The van der Waals surface area contributed by atoms with Gasteiger partial charge in [-0.15, -0.1) is 0 Å². The maximum Gasteiger partial charge on any atom is 0.245 e. The number of piperazine rings is 1. The second kappa shape index (κ2) is 8.06. The number of hydrogen-bond acceptors (Lipinski definition) is 6. The summed E-state index contributed by atoms with van der Waals surface area (Å²) in [6.07, 6.45) is 2.26. The van der Waals surface area contributed by atoms with Gasteiger partial charge in [-0.1, -0.05) is 30.3 Å². The number of likely N-dealkylation sites (N-methyl/N-ethyl adjacent to an activating group) is 2. The fourth-order valence-corrected chi connectivity index (χ4v) is 3.86. The number of aromatic nitrogens is 2. The molecule has 29 heavy (non-hydrogen) atoms. The molecule has 1 aromatic carbocycles. The van der Waals surface area contributed by atoms with Crippen molar-refractivity contribution in [3.63, 3.8) is 0 Å². The van der Waals surface area contributed by atoms with Gasteiger partial charge < -0.3 is 19.6 Å². The maximum atomic E-state index is 13.0. The number of carbonyl (C=O) groups excluding carboxylic acids is 2. The zero-order chi connectivity index (χ0) is 20.4. The van der Waals surface area contributed by atoms with Crippen LogP contribution in [0.15, 0.2) is 42.7 Å². The summed E-state index contributed by atoms with van der Waals surface area (Å²) < 4.78 is 0. The van der Waals surface area contributed by atoms with Crippen LogP contribution in [0.1, 0.15) is 12.0 Å². The van der Waals surface area contributed by atoms with E-state index < -0.39 is 0 Å². The number of benzene rings is 1. The number of likely N-dealkylation sites (tertiary alicyclic amines) is 1. The van der Waals surface area contributed by atoms with Gasteiger partial charge in [0.25, 0.3) is 0 Å². The number of carbonyl (C=O) groups is 2. The first-order valence-electron chi connectivity index (χ1n) is 9.89. The second-order valence-electron chi connectivity index (χ2n) is 7.63. The number of hydrogen-bond donors (Lipinski definition) is 0. The predicted molar refractivity (Wildman–Crippen MR) is 111 cm³/mol. The summed E-state index contributed by atoms with van der Waals surface area (Å²) in [6.45, 7) is 3.07. The molecule has 0 radical (unpaired) electrons. The van der Waals surface area contributed by atoms with Gasteiger partial charge in [0.1, 0.15) is 24.0 Å². The third-order valence-corrected chi connectivity index (χ3v) is 5.73. The lowest BCUT2D eigenvalue weighted by molar-refractivity contribution is -0.130. The monoisotopic (exact) mass is 394 g/mol. The topological polar surface area (TPSA) is 72.9 Å².